The van der Waals surface area contributed by atoms with Crippen molar-refractivity contribution in [2.24, 2.45) is 5.41 Å². The van der Waals surface area contributed by atoms with Crippen LogP contribution >= 0.6 is 11.3 Å². The summed E-state index contributed by atoms with van der Waals surface area (Å²) in [7, 11) is 0. The number of aromatic nitrogens is 3. The minimum atomic E-state index is -2.48. The number of nitrogens with zero attached hydrogens (tertiary/aromatic N) is 3. The molecule has 10 rings (SSSR count). The second kappa shape index (κ2) is 17.4. The zero-order chi connectivity index (χ0) is 46.9. The van der Waals surface area contributed by atoms with Crippen molar-refractivity contribution >= 4 is 64.1 Å². The number of hydrogen-bond acceptors (Lipinski definition) is 3. The summed E-state index contributed by atoms with van der Waals surface area (Å²) in [5, 5.41) is 7.01. The smallest absolute Gasteiger partial charge is 0.0774 e. The molecule has 0 aliphatic carbocycles. The molecule has 1 radical (unpaired) electrons. The molecule has 5 heteroatoms. The van der Waals surface area contributed by atoms with Crippen molar-refractivity contribution in [2.45, 2.75) is 80.5 Å². The maximum absolute atomic E-state index is 8.88. The summed E-state index contributed by atoms with van der Waals surface area (Å²) >= 11 is 1.66. The van der Waals surface area contributed by atoms with Crippen LogP contribution in [0.5, 0.6) is 0 Å². The third-order valence-corrected chi connectivity index (χ3v) is 12.4. The number of benzene rings is 7. The van der Waals surface area contributed by atoms with Crippen LogP contribution in [0, 0.1) is 31.3 Å². The van der Waals surface area contributed by atoms with E-state index in [1.54, 1.807) is 38.2 Å². The molecule has 62 heavy (non-hydrogen) atoms. The van der Waals surface area contributed by atoms with Crippen molar-refractivity contribution in [2.75, 3.05) is 0 Å². The van der Waals surface area contributed by atoms with E-state index < -0.39 is 18.6 Å². The van der Waals surface area contributed by atoms with Gasteiger partial charge in [-0.2, -0.15) is 11.3 Å². The first kappa shape index (κ1) is 37.1. The molecule has 3 heterocycles. The third-order valence-electron chi connectivity index (χ3n) is 11.3. The van der Waals surface area contributed by atoms with Gasteiger partial charge in [0.05, 0.1) is 16.9 Å². The Morgan fingerprint density at radius 2 is 1.47 bits per heavy atom. The molecule has 0 fully saturated rings. The van der Waals surface area contributed by atoms with E-state index in [0.29, 0.717) is 17.5 Å². The van der Waals surface area contributed by atoms with E-state index in [2.05, 4.69) is 159 Å². The standard InChI is InChI=1S/C31H26NS.C26H27N2.Ir/c1-19-18-32-28(14-22(19)17-31(2,3)4)25-11-7-10-24-27-16-26-21(15-29(27)33-30(24)25)13-12-20-8-5-6-9-23(20)26;1-17(2)21-15-19(5)16-22(18(3)4)25(21)28-24-14-10-9-13-23(24)27-26(28)20-11-7-6-8-12-20;/h5-10,12-16,18H,17H2,1-4H3;6-11,13-18H,1-5H3;/q2*-1;/i1D3,17D2;;. The van der Waals surface area contributed by atoms with Gasteiger partial charge >= 0.3 is 0 Å². The minimum Gasteiger partial charge on any atom is -0.333 e. The first-order chi connectivity index (χ1) is 31.3. The van der Waals surface area contributed by atoms with Gasteiger partial charge in [0, 0.05) is 43.5 Å². The van der Waals surface area contributed by atoms with Crippen LogP contribution in [0.3, 0.4) is 0 Å². The van der Waals surface area contributed by atoms with Gasteiger partial charge in [0.25, 0.3) is 0 Å². The fraction of sp³-hybridized carbons (Fsp3) is 0.228. The van der Waals surface area contributed by atoms with E-state index in [4.69, 9.17) is 11.8 Å². The van der Waals surface area contributed by atoms with Gasteiger partial charge in [-0.1, -0.05) is 132 Å². The van der Waals surface area contributed by atoms with Crippen LogP contribution in [0.15, 0.2) is 134 Å². The van der Waals surface area contributed by atoms with Gasteiger partial charge in [0.1, 0.15) is 0 Å². The van der Waals surface area contributed by atoms with E-state index in [9.17, 15) is 0 Å². The molecule has 0 spiro atoms. The Hall–Kier alpha value is -5.45. The molecule has 10 aromatic rings. The van der Waals surface area contributed by atoms with Gasteiger partial charge in [0.2, 0.25) is 0 Å². The van der Waals surface area contributed by atoms with Crippen LogP contribution in [-0.2, 0) is 26.5 Å². The Bertz CT molecular complexity index is 3420. The molecule has 7 aromatic carbocycles. The van der Waals surface area contributed by atoms with Crippen molar-refractivity contribution in [3.63, 3.8) is 0 Å². The summed E-state index contributed by atoms with van der Waals surface area (Å²) < 4.78 is 46.3. The summed E-state index contributed by atoms with van der Waals surface area (Å²) in [5.41, 5.74) is 9.04. The third kappa shape index (κ3) is 8.27. The van der Waals surface area contributed by atoms with Crippen LogP contribution < -0.4 is 0 Å². The van der Waals surface area contributed by atoms with Crippen molar-refractivity contribution in [3.05, 3.63) is 174 Å². The fourth-order valence-electron chi connectivity index (χ4n) is 8.47. The Morgan fingerprint density at radius 3 is 2.19 bits per heavy atom. The molecule has 0 saturated heterocycles. The Labute approximate surface area is 391 Å². The molecule has 0 unspecified atom stereocenters. The van der Waals surface area contributed by atoms with E-state index >= 15 is 0 Å². The zero-order valence-electron chi connectivity index (χ0n) is 41.4. The number of pyridine rings is 1. The Balaban J connectivity index is 0.000000187. The number of imidazole rings is 1. The van der Waals surface area contributed by atoms with E-state index in [1.807, 2.05) is 18.2 Å². The predicted octanol–water partition coefficient (Wildman–Crippen LogP) is 16.2. The quantitative estimate of drug-likeness (QED) is 0.123. The number of para-hydroxylation sites is 2. The Morgan fingerprint density at radius 1 is 0.742 bits per heavy atom. The zero-order valence-corrected chi connectivity index (χ0v) is 39.7. The molecule has 0 amide bonds. The molecule has 0 aliphatic rings. The number of rotatable bonds is 6. The summed E-state index contributed by atoms with van der Waals surface area (Å²) in [6.45, 7) is 14.2. The molecule has 3 nitrogen and oxygen atoms in total. The van der Waals surface area contributed by atoms with Crippen molar-refractivity contribution in [1.82, 2.24) is 14.5 Å². The van der Waals surface area contributed by atoms with Crippen LogP contribution in [0.1, 0.15) is 95.0 Å². The largest absolute Gasteiger partial charge is 0.333 e. The second-order valence-corrected chi connectivity index (χ2v) is 18.7. The summed E-state index contributed by atoms with van der Waals surface area (Å²) in [6, 6.07) is 50.6. The van der Waals surface area contributed by atoms with Crippen LogP contribution in [0.4, 0.5) is 0 Å². The summed E-state index contributed by atoms with van der Waals surface area (Å²) in [4.78, 5) is 9.55. The first-order valence-corrected chi connectivity index (χ1v) is 21.9. The van der Waals surface area contributed by atoms with Gasteiger partial charge in [-0.25, -0.2) is 0 Å². The molecule has 0 N–H and O–H groups in total. The number of hydrogen-bond donors (Lipinski definition) is 0. The van der Waals surface area contributed by atoms with Crippen LogP contribution in [0.25, 0.3) is 81.1 Å². The van der Waals surface area contributed by atoms with Crippen LogP contribution in [-0.4, -0.2) is 14.5 Å². The maximum Gasteiger partial charge on any atom is 0.0774 e. The molecule has 0 saturated carbocycles. The molecule has 0 atom stereocenters. The van der Waals surface area contributed by atoms with Crippen molar-refractivity contribution in [3.8, 4) is 28.3 Å². The average molecular weight is 1010 g/mol. The molecular weight excluding hydrogens is 951 g/mol. The minimum absolute atomic E-state index is 0. The molecule has 3 aromatic heterocycles. The number of aryl methyl sites for hydroxylation is 2. The van der Waals surface area contributed by atoms with E-state index in [0.717, 1.165) is 48.2 Å². The molecule has 0 bridgehead atoms. The van der Waals surface area contributed by atoms with Gasteiger partial charge in [-0.15, -0.1) is 59.7 Å². The topological polar surface area (TPSA) is 30.7 Å². The van der Waals surface area contributed by atoms with Gasteiger partial charge in [0.15, 0.2) is 0 Å². The summed E-state index contributed by atoms with van der Waals surface area (Å²) in [5.74, 6) is 1.79. The molecule has 0 aliphatic heterocycles. The van der Waals surface area contributed by atoms with Crippen molar-refractivity contribution in [1.29, 1.82) is 0 Å². The second-order valence-electron chi connectivity index (χ2n) is 17.7. The monoisotopic (exact) mass is 1010 g/mol. The summed E-state index contributed by atoms with van der Waals surface area (Å²) in [6.07, 6.45) is -0.567. The fourth-order valence-corrected chi connectivity index (χ4v) is 9.71. The SMILES string of the molecule is Cc1cc(C(C)C)c(-n2c(-c3[c-]cccc3)nc3ccccc32)c(C(C)C)c1.[2H]C([2H])([2H])c1cnc(-c2[c-]ccc3c2sc2cc4ccc5ccccc5c4cc23)cc1C([2H])([2H])C(C)(C)C.[Ir]. The first-order valence-electron chi connectivity index (χ1n) is 23.6. The maximum atomic E-state index is 8.88. The number of fused-ring (bicyclic) bond motifs is 7. The predicted molar refractivity (Wildman–Crippen MR) is 263 cm³/mol. The Kier molecular flexibility index (Phi) is 10.4. The van der Waals surface area contributed by atoms with Crippen LogP contribution in [0.2, 0.25) is 0 Å². The van der Waals surface area contributed by atoms with E-state index in [-0.39, 0.29) is 31.2 Å². The molecular formula is C57H53IrN3S-2. The normalized spacial score (nSPS) is 13.5. The van der Waals surface area contributed by atoms with Crippen molar-refractivity contribution < 1.29 is 27.0 Å². The van der Waals surface area contributed by atoms with Gasteiger partial charge in [-0.3, -0.25) is 4.98 Å². The average Bonchev–Trinajstić information content (AvgIpc) is 3.86. The molecule has 313 valence electrons. The van der Waals surface area contributed by atoms with Gasteiger partial charge < -0.3 is 9.55 Å². The van der Waals surface area contributed by atoms with Gasteiger partial charge in [-0.05, 0) is 116 Å². The van der Waals surface area contributed by atoms with E-state index in [1.165, 1.54) is 50.1 Å². The number of thiophene rings is 1.